The largest absolute Gasteiger partial charge is 0.361 e. The molecule has 4 heteroatoms. The van der Waals surface area contributed by atoms with Gasteiger partial charge in [-0.05, 0) is 34.1 Å². The van der Waals surface area contributed by atoms with Crippen LogP contribution in [0.15, 0.2) is 10.6 Å². The van der Waals surface area contributed by atoms with Crippen molar-refractivity contribution in [1.29, 1.82) is 0 Å². The van der Waals surface area contributed by atoms with Gasteiger partial charge < -0.3 is 4.52 Å². The van der Waals surface area contributed by atoms with Crippen molar-refractivity contribution in [3.05, 3.63) is 17.5 Å². The summed E-state index contributed by atoms with van der Waals surface area (Å²) >= 11 is 0. The van der Waals surface area contributed by atoms with Crippen molar-refractivity contribution in [2.45, 2.75) is 58.3 Å². The van der Waals surface area contributed by atoms with E-state index in [1.165, 1.54) is 19.5 Å². The lowest BCUT2D eigenvalue weighted by molar-refractivity contribution is -0.100. The molecule has 0 N–H and O–H groups in total. The van der Waals surface area contributed by atoms with Gasteiger partial charge in [-0.1, -0.05) is 5.16 Å². The Hall–Kier alpha value is -0.870. The minimum Gasteiger partial charge on any atom is -0.361 e. The monoisotopic (exact) mass is 249 g/mol. The quantitative estimate of drug-likeness (QED) is 0.803. The average Bonchev–Trinajstić information content (AvgIpc) is 2.71. The average molecular weight is 249 g/mol. The standard InChI is InChI=1S/C14H23N3O/c1-10-5-11(15-18-10)7-17-12-6-13(17)9-16(8-12)14(2,3)4/h5,12-13H,6-9H2,1-4H3. The first-order valence-corrected chi connectivity index (χ1v) is 6.86. The molecule has 0 aromatic carbocycles. The highest BCUT2D eigenvalue weighted by molar-refractivity contribution is 5.09. The van der Waals surface area contributed by atoms with Crippen molar-refractivity contribution in [3.8, 4) is 0 Å². The molecule has 2 bridgehead atoms. The summed E-state index contributed by atoms with van der Waals surface area (Å²) in [5.74, 6) is 0.909. The van der Waals surface area contributed by atoms with Crippen LogP contribution in [0.5, 0.6) is 0 Å². The smallest absolute Gasteiger partial charge is 0.133 e. The van der Waals surface area contributed by atoms with Crippen LogP contribution in [0.2, 0.25) is 0 Å². The molecule has 18 heavy (non-hydrogen) atoms. The Morgan fingerprint density at radius 2 is 2.00 bits per heavy atom. The van der Waals surface area contributed by atoms with E-state index in [0.717, 1.165) is 18.0 Å². The first kappa shape index (κ1) is 12.2. The summed E-state index contributed by atoms with van der Waals surface area (Å²) in [5.41, 5.74) is 1.37. The molecule has 0 radical (unpaired) electrons. The molecule has 0 saturated carbocycles. The molecule has 2 aliphatic heterocycles. The first-order valence-electron chi connectivity index (χ1n) is 6.86. The number of hydrogen-bond donors (Lipinski definition) is 0. The summed E-state index contributed by atoms with van der Waals surface area (Å²) < 4.78 is 5.14. The maximum absolute atomic E-state index is 5.14. The van der Waals surface area contributed by atoms with E-state index >= 15 is 0 Å². The zero-order chi connectivity index (χ0) is 12.9. The number of likely N-dealkylation sites (tertiary alicyclic amines) is 2. The van der Waals surface area contributed by atoms with Crippen molar-refractivity contribution in [3.63, 3.8) is 0 Å². The number of nitrogens with zero attached hydrogens (tertiary/aromatic N) is 3. The molecular weight excluding hydrogens is 226 g/mol. The zero-order valence-electron chi connectivity index (χ0n) is 11.8. The second-order valence-corrected chi connectivity index (χ2v) is 6.72. The lowest BCUT2D eigenvalue weighted by Gasteiger charge is -2.59. The Morgan fingerprint density at radius 3 is 2.50 bits per heavy atom. The fourth-order valence-corrected chi connectivity index (χ4v) is 3.17. The van der Waals surface area contributed by atoms with Crippen LogP contribution >= 0.6 is 0 Å². The van der Waals surface area contributed by atoms with Crippen LogP contribution in [0, 0.1) is 6.92 Å². The van der Waals surface area contributed by atoms with E-state index in [0.29, 0.717) is 17.6 Å². The van der Waals surface area contributed by atoms with Gasteiger partial charge in [-0.15, -0.1) is 0 Å². The second-order valence-electron chi connectivity index (χ2n) is 6.72. The molecule has 2 unspecified atom stereocenters. The van der Waals surface area contributed by atoms with Gasteiger partial charge in [-0.25, -0.2) is 0 Å². The van der Waals surface area contributed by atoms with Crippen molar-refractivity contribution in [2.24, 2.45) is 0 Å². The Morgan fingerprint density at radius 1 is 1.33 bits per heavy atom. The number of piperazine rings is 1. The van der Waals surface area contributed by atoms with E-state index in [4.69, 9.17) is 4.52 Å². The fourth-order valence-electron chi connectivity index (χ4n) is 3.17. The van der Waals surface area contributed by atoms with E-state index < -0.39 is 0 Å². The van der Waals surface area contributed by atoms with E-state index in [2.05, 4.69) is 41.8 Å². The number of aryl methyl sites for hydroxylation is 1. The molecule has 100 valence electrons. The highest BCUT2D eigenvalue weighted by Gasteiger charge is 2.46. The van der Waals surface area contributed by atoms with Crippen LogP contribution in [0.4, 0.5) is 0 Å². The first-order chi connectivity index (χ1) is 8.43. The van der Waals surface area contributed by atoms with Gasteiger partial charge in [0.05, 0.1) is 5.69 Å². The van der Waals surface area contributed by atoms with Crippen LogP contribution in [-0.2, 0) is 6.54 Å². The molecule has 0 aliphatic carbocycles. The topological polar surface area (TPSA) is 32.5 Å². The van der Waals surface area contributed by atoms with Crippen molar-refractivity contribution < 1.29 is 4.52 Å². The maximum Gasteiger partial charge on any atom is 0.133 e. The number of fused-ring (bicyclic) bond motifs is 2. The van der Waals surface area contributed by atoms with E-state index in [1.54, 1.807) is 0 Å². The van der Waals surface area contributed by atoms with Gasteiger partial charge in [0, 0.05) is 43.3 Å². The Labute approximate surface area is 109 Å². The van der Waals surface area contributed by atoms with Gasteiger partial charge in [0.2, 0.25) is 0 Å². The molecule has 4 nitrogen and oxygen atoms in total. The van der Waals surface area contributed by atoms with Crippen molar-refractivity contribution in [2.75, 3.05) is 13.1 Å². The third-order valence-corrected chi connectivity index (χ3v) is 4.31. The van der Waals surface area contributed by atoms with Gasteiger partial charge in [0.1, 0.15) is 5.76 Å². The van der Waals surface area contributed by atoms with Gasteiger partial charge in [0.15, 0.2) is 0 Å². The summed E-state index contributed by atoms with van der Waals surface area (Å²) in [4.78, 5) is 5.19. The van der Waals surface area contributed by atoms with Crippen LogP contribution in [0.25, 0.3) is 0 Å². The molecule has 2 fully saturated rings. The molecule has 0 spiro atoms. The molecule has 3 rings (SSSR count). The number of rotatable bonds is 2. The highest BCUT2D eigenvalue weighted by atomic mass is 16.5. The fraction of sp³-hybridized carbons (Fsp3) is 0.786. The van der Waals surface area contributed by atoms with Gasteiger partial charge in [-0.3, -0.25) is 9.80 Å². The maximum atomic E-state index is 5.14. The Bertz CT molecular complexity index is 422. The second kappa shape index (κ2) is 4.07. The predicted octanol–water partition coefficient (Wildman–Crippen LogP) is 2.04. The molecule has 3 heterocycles. The number of piperidine rings is 1. The summed E-state index contributed by atoms with van der Waals surface area (Å²) in [6.07, 6.45) is 1.35. The van der Waals surface area contributed by atoms with E-state index in [-0.39, 0.29) is 0 Å². The lowest BCUT2D eigenvalue weighted by Crippen LogP contribution is -2.70. The Kier molecular flexibility index (Phi) is 2.75. The minimum absolute atomic E-state index is 0.299. The van der Waals surface area contributed by atoms with Crippen molar-refractivity contribution >= 4 is 0 Å². The zero-order valence-corrected chi connectivity index (χ0v) is 11.8. The number of hydrogen-bond acceptors (Lipinski definition) is 4. The molecular formula is C14H23N3O. The molecule has 2 aliphatic rings. The van der Waals surface area contributed by atoms with E-state index in [9.17, 15) is 0 Å². The van der Waals surface area contributed by atoms with Crippen LogP contribution in [-0.4, -0.2) is 45.7 Å². The third kappa shape index (κ3) is 2.08. The van der Waals surface area contributed by atoms with Gasteiger partial charge >= 0.3 is 0 Å². The molecule has 2 atom stereocenters. The normalized spacial score (nSPS) is 29.3. The summed E-state index contributed by atoms with van der Waals surface area (Å²) in [5, 5.41) is 4.10. The summed E-state index contributed by atoms with van der Waals surface area (Å²) in [6.45, 7) is 12.2. The highest BCUT2D eigenvalue weighted by Crippen LogP contribution is 2.36. The van der Waals surface area contributed by atoms with Crippen molar-refractivity contribution in [1.82, 2.24) is 15.0 Å². The third-order valence-electron chi connectivity index (χ3n) is 4.31. The Balaban J connectivity index is 1.62. The van der Waals surface area contributed by atoms with Crippen LogP contribution < -0.4 is 0 Å². The van der Waals surface area contributed by atoms with Crippen LogP contribution in [0.1, 0.15) is 38.6 Å². The summed E-state index contributed by atoms with van der Waals surface area (Å²) in [6, 6.07) is 3.47. The van der Waals surface area contributed by atoms with Gasteiger partial charge in [0.25, 0.3) is 0 Å². The van der Waals surface area contributed by atoms with E-state index in [1.807, 2.05) is 6.92 Å². The molecule has 1 aromatic heterocycles. The molecule has 0 amide bonds. The lowest BCUT2D eigenvalue weighted by atomic mass is 9.84. The van der Waals surface area contributed by atoms with Crippen LogP contribution in [0.3, 0.4) is 0 Å². The molecule has 1 aromatic rings. The summed E-state index contributed by atoms with van der Waals surface area (Å²) in [7, 11) is 0. The molecule has 2 saturated heterocycles. The van der Waals surface area contributed by atoms with Gasteiger partial charge in [-0.2, -0.15) is 0 Å². The minimum atomic E-state index is 0.299. The SMILES string of the molecule is Cc1cc(CN2C3CC2CN(C(C)(C)C)C3)no1. The number of aromatic nitrogens is 1. The predicted molar refractivity (Wildman–Crippen MR) is 70.3 cm³/mol.